The zero-order chi connectivity index (χ0) is 24.9. The highest BCUT2D eigenvalue weighted by Crippen LogP contribution is 2.28. The van der Waals surface area contributed by atoms with Crippen molar-refractivity contribution in [1.82, 2.24) is 19.9 Å². The van der Waals surface area contributed by atoms with Gasteiger partial charge in [0, 0.05) is 48.7 Å². The average Bonchev–Trinajstić information content (AvgIpc) is 2.93. The minimum atomic E-state index is -0.286. The molecule has 0 spiro atoms. The first-order valence-electron chi connectivity index (χ1n) is 11.6. The number of carbonyl (C=O) groups excluding carboxylic acids is 1. The molecule has 10 heteroatoms. The third-order valence-electron chi connectivity index (χ3n) is 5.83. The lowest BCUT2D eigenvalue weighted by atomic mass is 10.1. The Labute approximate surface area is 208 Å². The first-order chi connectivity index (χ1) is 17.6. The summed E-state index contributed by atoms with van der Waals surface area (Å²) in [4.78, 5) is 32.2. The van der Waals surface area contributed by atoms with E-state index >= 15 is 0 Å². The van der Waals surface area contributed by atoms with Gasteiger partial charge in [0.1, 0.15) is 5.82 Å². The first-order valence-corrected chi connectivity index (χ1v) is 11.6. The maximum absolute atomic E-state index is 11.7. The van der Waals surface area contributed by atoms with E-state index in [0.717, 1.165) is 41.1 Å². The molecule has 4 heterocycles. The maximum atomic E-state index is 11.7. The monoisotopic (exact) mass is 482 g/mol. The fourth-order valence-electron chi connectivity index (χ4n) is 4.02. The van der Waals surface area contributed by atoms with E-state index in [1.165, 1.54) is 6.08 Å². The van der Waals surface area contributed by atoms with Crippen LogP contribution >= 0.6 is 0 Å². The van der Waals surface area contributed by atoms with Crippen LogP contribution in [0, 0.1) is 0 Å². The van der Waals surface area contributed by atoms with E-state index < -0.39 is 0 Å². The van der Waals surface area contributed by atoms with Gasteiger partial charge in [-0.3, -0.25) is 9.78 Å². The molecular weight excluding hydrogens is 456 g/mol. The number of carbonyl (C=O) groups is 1. The Morgan fingerprint density at radius 2 is 2.08 bits per heavy atom. The maximum Gasteiger partial charge on any atom is 0.247 e. The molecule has 1 amide bonds. The van der Waals surface area contributed by atoms with Crippen LogP contribution in [0.4, 0.5) is 23.1 Å². The van der Waals surface area contributed by atoms with Gasteiger partial charge in [0.15, 0.2) is 0 Å². The molecule has 1 fully saturated rings. The van der Waals surface area contributed by atoms with Gasteiger partial charge in [0.05, 0.1) is 35.8 Å². The number of morpholine rings is 1. The number of nitrogens with two attached hydrogens (primary N) is 1. The van der Waals surface area contributed by atoms with Gasteiger partial charge < -0.3 is 26.0 Å². The summed E-state index contributed by atoms with van der Waals surface area (Å²) in [6.45, 7) is 6.11. The van der Waals surface area contributed by atoms with Crippen LogP contribution in [0.15, 0.2) is 73.7 Å². The lowest BCUT2D eigenvalue weighted by Crippen LogP contribution is -2.46. The number of aromatic nitrogens is 4. The van der Waals surface area contributed by atoms with Crippen LogP contribution in [0.1, 0.15) is 0 Å². The van der Waals surface area contributed by atoms with E-state index in [0.29, 0.717) is 30.5 Å². The summed E-state index contributed by atoms with van der Waals surface area (Å²) in [6, 6.07) is 13.2. The van der Waals surface area contributed by atoms with Crippen molar-refractivity contribution >= 4 is 40.0 Å². The molecule has 0 bridgehead atoms. The van der Waals surface area contributed by atoms with Crippen LogP contribution in [-0.4, -0.2) is 58.2 Å². The zero-order valence-electron chi connectivity index (χ0n) is 19.6. The van der Waals surface area contributed by atoms with Gasteiger partial charge in [0.2, 0.25) is 11.9 Å². The number of fused-ring (bicyclic) bond motifs is 1. The molecule has 10 nitrogen and oxygen atoms in total. The number of nitrogens with zero attached hydrogens (tertiary/aromatic N) is 5. The molecule has 0 unspecified atom stereocenters. The number of pyridine rings is 2. The Balaban J connectivity index is 1.38. The molecule has 5 rings (SSSR count). The van der Waals surface area contributed by atoms with Crippen LogP contribution in [0.2, 0.25) is 0 Å². The van der Waals surface area contributed by atoms with Gasteiger partial charge in [-0.2, -0.15) is 0 Å². The lowest BCUT2D eigenvalue weighted by molar-refractivity contribution is -0.111. The first kappa shape index (κ1) is 23.3. The Hall–Kier alpha value is -4.41. The van der Waals surface area contributed by atoms with Gasteiger partial charge >= 0.3 is 0 Å². The summed E-state index contributed by atoms with van der Waals surface area (Å²) < 4.78 is 5.64. The average molecular weight is 483 g/mol. The van der Waals surface area contributed by atoms with Crippen LogP contribution in [-0.2, 0) is 9.53 Å². The summed E-state index contributed by atoms with van der Waals surface area (Å²) in [5.74, 6) is 1.03. The van der Waals surface area contributed by atoms with E-state index in [4.69, 9.17) is 15.5 Å². The zero-order valence-corrected chi connectivity index (χ0v) is 19.6. The standard InChI is InChI=1S/C26H26N8O2/c1-2-24(35)31-18-8-9-28-22(12-18)21-5-3-4-17-14-30-26(33-25(17)21)32-19-6-7-23(29-15-19)34-10-11-36-20(13-27)16-34/h2-9,12,14-15,20H,1,10-11,13,16,27H2,(H,28,31,35)(H,30,32,33)/t20-/m1/s1. The number of nitrogens with one attached hydrogen (secondary N) is 2. The smallest absolute Gasteiger partial charge is 0.247 e. The normalized spacial score (nSPS) is 15.5. The topological polar surface area (TPSA) is 131 Å². The molecular formula is C26H26N8O2. The predicted octanol–water partition coefficient (Wildman–Crippen LogP) is 3.12. The highest BCUT2D eigenvalue weighted by molar-refractivity contribution is 5.99. The van der Waals surface area contributed by atoms with Gasteiger partial charge in [0.25, 0.3) is 0 Å². The van der Waals surface area contributed by atoms with Gasteiger partial charge in [-0.15, -0.1) is 0 Å². The second-order valence-electron chi connectivity index (χ2n) is 8.26. The molecule has 0 radical (unpaired) electrons. The second kappa shape index (κ2) is 10.5. The van der Waals surface area contributed by atoms with E-state index in [2.05, 4.69) is 37.1 Å². The SMILES string of the molecule is C=CC(=O)Nc1ccnc(-c2cccc3cnc(Nc4ccc(N5CCO[C@H](CN)C5)nc4)nc23)c1. The minimum absolute atomic E-state index is 0.0204. The number of amides is 1. The summed E-state index contributed by atoms with van der Waals surface area (Å²) in [6.07, 6.45) is 6.41. The third-order valence-corrected chi connectivity index (χ3v) is 5.83. The van der Waals surface area contributed by atoms with Gasteiger partial charge in [-0.05, 0) is 30.3 Å². The Kier molecular flexibility index (Phi) is 6.78. The summed E-state index contributed by atoms with van der Waals surface area (Å²) in [5.41, 5.74) is 9.39. The number of anilines is 4. The van der Waals surface area contributed by atoms with Crippen molar-refractivity contribution < 1.29 is 9.53 Å². The summed E-state index contributed by atoms with van der Waals surface area (Å²) in [7, 11) is 0. The number of benzene rings is 1. The van der Waals surface area contributed by atoms with E-state index in [-0.39, 0.29) is 12.0 Å². The quantitative estimate of drug-likeness (QED) is 0.340. The van der Waals surface area contributed by atoms with Crippen LogP contribution in [0.25, 0.3) is 22.2 Å². The van der Waals surface area contributed by atoms with Gasteiger partial charge in [-0.25, -0.2) is 15.0 Å². The molecule has 1 atom stereocenters. The molecule has 4 aromatic rings. The van der Waals surface area contributed by atoms with Crippen molar-refractivity contribution in [2.45, 2.75) is 6.10 Å². The van der Waals surface area contributed by atoms with Crippen molar-refractivity contribution in [2.24, 2.45) is 5.73 Å². The molecule has 0 aliphatic carbocycles. The molecule has 1 aliphatic rings. The van der Waals surface area contributed by atoms with E-state index in [9.17, 15) is 4.79 Å². The number of hydrogen-bond donors (Lipinski definition) is 3. The molecule has 182 valence electrons. The molecule has 0 saturated carbocycles. The number of ether oxygens (including phenoxy) is 1. The Morgan fingerprint density at radius 1 is 1.17 bits per heavy atom. The van der Waals surface area contributed by atoms with Crippen LogP contribution < -0.4 is 21.3 Å². The third kappa shape index (κ3) is 5.14. The fraction of sp³-hybridized carbons (Fsp3) is 0.192. The number of para-hydroxylation sites is 1. The van der Waals surface area contributed by atoms with Crippen molar-refractivity contribution in [3.05, 3.63) is 73.7 Å². The van der Waals surface area contributed by atoms with E-state index in [1.807, 2.05) is 30.3 Å². The minimum Gasteiger partial charge on any atom is -0.373 e. The summed E-state index contributed by atoms with van der Waals surface area (Å²) in [5, 5.41) is 6.87. The fourth-order valence-corrected chi connectivity index (χ4v) is 4.02. The van der Waals surface area contributed by atoms with E-state index in [1.54, 1.807) is 30.7 Å². The molecule has 1 aromatic carbocycles. The highest BCUT2D eigenvalue weighted by Gasteiger charge is 2.20. The molecule has 1 saturated heterocycles. The highest BCUT2D eigenvalue weighted by atomic mass is 16.5. The van der Waals surface area contributed by atoms with Crippen LogP contribution in [0.5, 0.6) is 0 Å². The number of hydrogen-bond acceptors (Lipinski definition) is 9. The predicted molar refractivity (Wildman–Crippen MR) is 140 cm³/mol. The molecule has 1 aliphatic heterocycles. The van der Waals surface area contributed by atoms with Crippen LogP contribution in [0.3, 0.4) is 0 Å². The summed E-state index contributed by atoms with van der Waals surface area (Å²) >= 11 is 0. The van der Waals surface area contributed by atoms with Crippen molar-refractivity contribution in [3.63, 3.8) is 0 Å². The second-order valence-corrected chi connectivity index (χ2v) is 8.26. The Morgan fingerprint density at radius 3 is 2.89 bits per heavy atom. The molecule has 36 heavy (non-hydrogen) atoms. The molecule has 4 N–H and O–H groups in total. The largest absolute Gasteiger partial charge is 0.373 e. The number of rotatable bonds is 7. The van der Waals surface area contributed by atoms with Crippen molar-refractivity contribution in [3.8, 4) is 11.3 Å². The lowest BCUT2D eigenvalue weighted by Gasteiger charge is -2.33. The van der Waals surface area contributed by atoms with Gasteiger partial charge in [-0.1, -0.05) is 24.8 Å². The van der Waals surface area contributed by atoms with Crippen molar-refractivity contribution in [2.75, 3.05) is 41.8 Å². The Bertz CT molecular complexity index is 1390. The van der Waals surface area contributed by atoms with Crippen molar-refractivity contribution in [1.29, 1.82) is 0 Å². The molecule has 3 aromatic heterocycles.